The molecule has 3 aromatic rings. The lowest BCUT2D eigenvalue weighted by Crippen LogP contribution is -2.06. The van der Waals surface area contributed by atoms with E-state index in [4.69, 9.17) is 9.47 Å². The molecule has 192 valence electrons. The minimum atomic E-state index is -0.859. The van der Waals surface area contributed by atoms with Crippen LogP contribution in [0.2, 0.25) is 0 Å². The number of halogens is 1. The van der Waals surface area contributed by atoms with Gasteiger partial charge >= 0.3 is 5.97 Å². The highest BCUT2D eigenvalue weighted by atomic mass is 19.1. The number of benzene rings is 3. The Morgan fingerprint density at radius 1 is 1.05 bits per heavy atom. The zero-order chi connectivity index (χ0) is 26.4. The van der Waals surface area contributed by atoms with Gasteiger partial charge in [-0.2, -0.15) is 0 Å². The Kier molecular flexibility index (Phi) is 8.50. The number of methoxy groups -OCH3 is 1. The van der Waals surface area contributed by atoms with E-state index in [0.29, 0.717) is 35.5 Å². The summed E-state index contributed by atoms with van der Waals surface area (Å²) in [5.41, 5.74) is 4.16. The topological polar surface area (TPSA) is 55.8 Å². The summed E-state index contributed by atoms with van der Waals surface area (Å²) in [4.78, 5) is 11.4. The number of rotatable bonds is 10. The van der Waals surface area contributed by atoms with Crippen LogP contribution in [-0.2, 0) is 17.8 Å². The van der Waals surface area contributed by atoms with Crippen LogP contribution in [0.4, 0.5) is 4.39 Å². The Labute approximate surface area is 218 Å². The van der Waals surface area contributed by atoms with Crippen molar-refractivity contribution in [3.63, 3.8) is 0 Å². The lowest BCUT2D eigenvalue weighted by molar-refractivity contribution is -0.137. The number of aliphatic carboxylic acids is 1. The molecular formula is C32H33FO4. The summed E-state index contributed by atoms with van der Waals surface area (Å²) in [6, 6.07) is 18.3. The fraction of sp³-hybridized carbons (Fsp3) is 0.344. The van der Waals surface area contributed by atoms with E-state index >= 15 is 0 Å². The largest absolute Gasteiger partial charge is 0.497 e. The van der Waals surface area contributed by atoms with Crippen LogP contribution in [0.15, 0.2) is 60.7 Å². The van der Waals surface area contributed by atoms with Crippen molar-refractivity contribution in [3.05, 3.63) is 83.2 Å². The summed E-state index contributed by atoms with van der Waals surface area (Å²) in [6.45, 7) is 4.59. The van der Waals surface area contributed by atoms with Crippen LogP contribution >= 0.6 is 0 Å². The summed E-state index contributed by atoms with van der Waals surface area (Å²) in [7, 11) is 1.57. The quantitative estimate of drug-likeness (QED) is 0.298. The first-order valence-corrected chi connectivity index (χ1v) is 12.7. The molecule has 1 atom stereocenters. The molecule has 1 N–H and O–H groups in total. The average molecular weight is 501 g/mol. The van der Waals surface area contributed by atoms with E-state index in [1.165, 1.54) is 6.07 Å². The van der Waals surface area contributed by atoms with E-state index in [-0.39, 0.29) is 18.2 Å². The first kappa shape index (κ1) is 26.3. The number of carbonyl (C=O) groups is 1. The van der Waals surface area contributed by atoms with Crippen molar-refractivity contribution < 1.29 is 23.8 Å². The summed E-state index contributed by atoms with van der Waals surface area (Å²) >= 11 is 0. The summed E-state index contributed by atoms with van der Waals surface area (Å²) < 4.78 is 26.2. The molecule has 37 heavy (non-hydrogen) atoms. The molecule has 0 bridgehead atoms. The van der Waals surface area contributed by atoms with Gasteiger partial charge in [-0.25, -0.2) is 4.39 Å². The smallest absolute Gasteiger partial charge is 0.304 e. The van der Waals surface area contributed by atoms with Crippen molar-refractivity contribution in [2.24, 2.45) is 11.8 Å². The van der Waals surface area contributed by atoms with Crippen molar-refractivity contribution in [1.29, 1.82) is 0 Å². The number of hydrogen-bond donors (Lipinski definition) is 1. The van der Waals surface area contributed by atoms with Crippen molar-refractivity contribution >= 4 is 5.97 Å². The molecule has 5 heteroatoms. The van der Waals surface area contributed by atoms with Gasteiger partial charge in [0.25, 0.3) is 0 Å². The molecule has 1 unspecified atom stereocenters. The van der Waals surface area contributed by atoms with Crippen molar-refractivity contribution in [1.82, 2.24) is 0 Å². The van der Waals surface area contributed by atoms with Crippen LogP contribution in [-0.4, -0.2) is 18.2 Å². The molecule has 1 saturated carbocycles. The summed E-state index contributed by atoms with van der Waals surface area (Å²) in [5.74, 6) is 6.99. The van der Waals surface area contributed by atoms with E-state index in [1.54, 1.807) is 19.2 Å². The Morgan fingerprint density at radius 3 is 2.54 bits per heavy atom. The van der Waals surface area contributed by atoms with Crippen LogP contribution in [0.3, 0.4) is 0 Å². The second-order valence-electron chi connectivity index (χ2n) is 10.0. The molecule has 1 aliphatic carbocycles. The third-order valence-corrected chi connectivity index (χ3v) is 6.35. The lowest BCUT2D eigenvalue weighted by atomic mass is 9.93. The van der Waals surface area contributed by atoms with Crippen molar-refractivity contribution in [2.45, 2.75) is 52.1 Å². The van der Waals surface area contributed by atoms with Crippen LogP contribution in [0, 0.1) is 29.5 Å². The highest BCUT2D eigenvalue weighted by Crippen LogP contribution is 2.34. The summed E-state index contributed by atoms with van der Waals surface area (Å²) in [6.07, 6.45) is 2.95. The van der Waals surface area contributed by atoms with E-state index in [2.05, 4.69) is 25.7 Å². The van der Waals surface area contributed by atoms with Crippen molar-refractivity contribution in [2.75, 3.05) is 7.11 Å². The lowest BCUT2D eigenvalue weighted by Gasteiger charge is -2.16. The first-order chi connectivity index (χ1) is 17.8. The van der Waals surface area contributed by atoms with E-state index in [9.17, 15) is 14.3 Å². The van der Waals surface area contributed by atoms with Crippen LogP contribution < -0.4 is 9.47 Å². The van der Waals surface area contributed by atoms with Gasteiger partial charge < -0.3 is 14.6 Å². The zero-order valence-corrected chi connectivity index (χ0v) is 21.6. The van der Waals surface area contributed by atoms with Crippen LogP contribution in [0.25, 0.3) is 11.1 Å². The SMILES string of the molecule is COc1ccc(F)c(-c2ccc(OCc3cccc(C(C#CC4CC4)CC(=O)O)c3)cc2CC(C)C)c1. The molecule has 0 saturated heterocycles. The molecule has 3 aromatic carbocycles. The Balaban J connectivity index is 1.55. The molecule has 4 rings (SSSR count). The average Bonchev–Trinajstić information content (AvgIpc) is 3.70. The number of ether oxygens (including phenoxy) is 2. The monoisotopic (exact) mass is 500 g/mol. The fourth-order valence-electron chi connectivity index (χ4n) is 4.31. The van der Waals surface area contributed by atoms with Gasteiger partial charge in [0.05, 0.1) is 19.4 Å². The predicted molar refractivity (Wildman–Crippen MR) is 143 cm³/mol. The van der Waals surface area contributed by atoms with Gasteiger partial charge in [-0.1, -0.05) is 56.0 Å². The van der Waals surface area contributed by atoms with Gasteiger partial charge in [0.15, 0.2) is 0 Å². The van der Waals surface area contributed by atoms with Crippen LogP contribution in [0.5, 0.6) is 11.5 Å². The normalized spacial score (nSPS) is 13.5. The van der Waals surface area contributed by atoms with Crippen molar-refractivity contribution in [3.8, 4) is 34.5 Å². The Hall–Kier alpha value is -3.78. The number of carboxylic acid groups (broad SMARTS) is 1. The number of carboxylic acids is 1. The van der Waals surface area contributed by atoms with Gasteiger partial charge in [0.1, 0.15) is 23.9 Å². The van der Waals surface area contributed by atoms with Gasteiger partial charge in [0, 0.05) is 11.5 Å². The molecule has 1 aliphatic rings. The number of hydrogen-bond acceptors (Lipinski definition) is 3. The standard InChI is InChI=1S/C32H33FO4/c1-21(2)15-26-17-28(11-13-29(26)30-19-27(36-3)12-14-31(30)33)37-20-23-5-4-6-24(16-23)25(18-32(34)35)10-9-22-7-8-22/h4-6,11-14,16-17,19,21-22,25H,7-8,15,18,20H2,1-3H3,(H,34,35). The first-order valence-electron chi connectivity index (χ1n) is 12.7. The molecule has 0 aromatic heterocycles. The van der Waals surface area contributed by atoms with Gasteiger partial charge in [-0.15, -0.1) is 0 Å². The van der Waals surface area contributed by atoms with Gasteiger partial charge in [-0.05, 0) is 77.8 Å². The highest BCUT2D eigenvalue weighted by Gasteiger charge is 2.20. The molecule has 4 nitrogen and oxygen atoms in total. The second kappa shape index (κ2) is 12.0. The molecule has 0 spiro atoms. The third-order valence-electron chi connectivity index (χ3n) is 6.35. The second-order valence-corrected chi connectivity index (χ2v) is 10.0. The van der Waals surface area contributed by atoms with E-state index in [1.807, 2.05) is 42.5 Å². The van der Waals surface area contributed by atoms with E-state index in [0.717, 1.165) is 41.5 Å². The van der Waals surface area contributed by atoms with Crippen LogP contribution in [0.1, 0.15) is 55.7 Å². The zero-order valence-electron chi connectivity index (χ0n) is 21.6. The predicted octanol–water partition coefficient (Wildman–Crippen LogP) is 7.25. The van der Waals surface area contributed by atoms with E-state index < -0.39 is 5.97 Å². The molecule has 0 amide bonds. The maximum atomic E-state index is 14.7. The fourth-order valence-corrected chi connectivity index (χ4v) is 4.31. The highest BCUT2D eigenvalue weighted by molar-refractivity contribution is 5.71. The Bertz CT molecular complexity index is 1310. The Morgan fingerprint density at radius 2 is 1.84 bits per heavy atom. The molecular weight excluding hydrogens is 467 g/mol. The minimum Gasteiger partial charge on any atom is -0.497 e. The maximum absolute atomic E-state index is 14.7. The minimum absolute atomic E-state index is 0.0229. The third kappa shape index (κ3) is 7.36. The molecule has 1 fully saturated rings. The molecule has 0 heterocycles. The molecule has 0 radical (unpaired) electrons. The maximum Gasteiger partial charge on any atom is 0.304 e. The molecule has 0 aliphatic heterocycles. The summed E-state index contributed by atoms with van der Waals surface area (Å²) in [5, 5.41) is 9.36. The van der Waals surface area contributed by atoms with Gasteiger partial charge in [0.2, 0.25) is 0 Å². The van der Waals surface area contributed by atoms with Gasteiger partial charge in [-0.3, -0.25) is 4.79 Å².